The standard InChI is InChI=1S/C7H10F3N/c1-6(11-2)4-3-5-7(8,9)10/h3-4H,5H2,1-2H3/b4-3-,11-6?. The van der Waals surface area contributed by atoms with Gasteiger partial charge in [-0.2, -0.15) is 13.2 Å². The summed E-state index contributed by atoms with van der Waals surface area (Å²) in [5.41, 5.74) is 0.592. The molecule has 0 aliphatic heterocycles. The molecule has 11 heavy (non-hydrogen) atoms. The summed E-state index contributed by atoms with van der Waals surface area (Å²) in [5, 5.41) is 0. The summed E-state index contributed by atoms with van der Waals surface area (Å²) in [4.78, 5) is 3.67. The van der Waals surface area contributed by atoms with Crippen LogP contribution in [0.2, 0.25) is 0 Å². The summed E-state index contributed by atoms with van der Waals surface area (Å²) in [5.74, 6) is 0. The van der Waals surface area contributed by atoms with E-state index in [1.165, 1.54) is 13.1 Å². The van der Waals surface area contributed by atoms with E-state index < -0.39 is 12.6 Å². The third-order valence-electron chi connectivity index (χ3n) is 1.06. The molecule has 0 aromatic heterocycles. The minimum atomic E-state index is -4.11. The van der Waals surface area contributed by atoms with E-state index in [2.05, 4.69) is 4.99 Å². The van der Waals surface area contributed by atoms with Gasteiger partial charge in [0.25, 0.3) is 0 Å². The highest BCUT2D eigenvalue weighted by molar-refractivity contribution is 5.92. The van der Waals surface area contributed by atoms with Crippen LogP contribution >= 0.6 is 0 Å². The van der Waals surface area contributed by atoms with Gasteiger partial charge < -0.3 is 0 Å². The van der Waals surface area contributed by atoms with Gasteiger partial charge in [0.05, 0.1) is 6.42 Å². The average Bonchev–Trinajstić information content (AvgIpc) is 1.85. The fraction of sp³-hybridized carbons (Fsp3) is 0.571. The molecule has 64 valence electrons. The summed E-state index contributed by atoms with van der Waals surface area (Å²) < 4.78 is 34.6. The molecule has 0 saturated heterocycles. The zero-order chi connectivity index (χ0) is 8.91. The monoisotopic (exact) mass is 165 g/mol. The Kier molecular flexibility index (Phi) is 3.85. The van der Waals surface area contributed by atoms with Gasteiger partial charge in [0.1, 0.15) is 0 Å². The van der Waals surface area contributed by atoms with Crippen LogP contribution in [0.1, 0.15) is 13.3 Å². The van der Waals surface area contributed by atoms with Gasteiger partial charge in [-0.05, 0) is 13.0 Å². The summed E-state index contributed by atoms with van der Waals surface area (Å²) in [7, 11) is 1.53. The van der Waals surface area contributed by atoms with Crippen molar-refractivity contribution in [1.29, 1.82) is 0 Å². The fourth-order valence-corrected chi connectivity index (χ4v) is 0.438. The van der Waals surface area contributed by atoms with Crippen LogP contribution in [-0.2, 0) is 0 Å². The highest BCUT2D eigenvalue weighted by atomic mass is 19.4. The first-order chi connectivity index (χ1) is 4.95. The summed E-state index contributed by atoms with van der Waals surface area (Å²) in [6, 6.07) is 0. The smallest absolute Gasteiger partial charge is 0.293 e. The van der Waals surface area contributed by atoms with Crippen molar-refractivity contribution in [1.82, 2.24) is 0 Å². The Morgan fingerprint density at radius 1 is 1.45 bits per heavy atom. The first kappa shape index (κ1) is 10.2. The molecule has 0 radical (unpaired) electrons. The van der Waals surface area contributed by atoms with Crippen LogP contribution in [0.4, 0.5) is 13.2 Å². The molecular weight excluding hydrogens is 155 g/mol. The van der Waals surface area contributed by atoms with Crippen LogP contribution in [0, 0.1) is 0 Å². The molecule has 0 heterocycles. The van der Waals surface area contributed by atoms with Gasteiger partial charge in [-0.1, -0.05) is 6.08 Å². The molecule has 0 aromatic rings. The molecule has 0 aliphatic rings. The predicted molar refractivity (Wildman–Crippen MR) is 38.8 cm³/mol. The Hall–Kier alpha value is -0.800. The third-order valence-corrected chi connectivity index (χ3v) is 1.06. The van der Waals surface area contributed by atoms with Crippen LogP contribution in [0.5, 0.6) is 0 Å². The van der Waals surface area contributed by atoms with Gasteiger partial charge >= 0.3 is 6.18 Å². The van der Waals surface area contributed by atoms with Crippen molar-refractivity contribution < 1.29 is 13.2 Å². The van der Waals surface area contributed by atoms with E-state index in [0.717, 1.165) is 6.08 Å². The Bertz CT molecular complexity index is 167. The molecule has 0 unspecified atom stereocenters. The van der Waals surface area contributed by atoms with Gasteiger partial charge in [0, 0.05) is 12.8 Å². The highest BCUT2D eigenvalue weighted by Gasteiger charge is 2.24. The van der Waals surface area contributed by atoms with Crippen molar-refractivity contribution in [3.8, 4) is 0 Å². The van der Waals surface area contributed by atoms with Crippen LogP contribution in [-0.4, -0.2) is 18.9 Å². The lowest BCUT2D eigenvalue weighted by Crippen LogP contribution is -2.04. The first-order valence-corrected chi connectivity index (χ1v) is 3.12. The fourth-order valence-electron chi connectivity index (χ4n) is 0.438. The quantitative estimate of drug-likeness (QED) is 0.557. The van der Waals surface area contributed by atoms with Crippen molar-refractivity contribution in [3.63, 3.8) is 0 Å². The third kappa shape index (κ3) is 7.09. The lowest BCUT2D eigenvalue weighted by Gasteiger charge is -1.99. The number of rotatable bonds is 2. The van der Waals surface area contributed by atoms with E-state index in [9.17, 15) is 13.2 Å². The topological polar surface area (TPSA) is 12.4 Å². The van der Waals surface area contributed by atoms with Crippen molar-refractivity contribution in [2.45, 2.75) is 19.5 Å². The number of nitrogens with zero attached hydrogens (tertiary/aromatic N) is 1. The van der Waals surface area contributed by atoms with E-state index >= 15 is 0 Å². The number of aliphatic imine (C=N–C) groups is 1. The molecule has 1 nitrogen and oxygen atoms in total. The maximum Gasteiger partial charge on any atom is 0.392 e. The molecule has 0 amide bonds. The van der Waals surface area contributed by atoms with Gasteiger partial charge in [0.15, 0.2) is 0 Å². The lowest BCUT2D eigenvalue weighted by atomic mass is 10.3. The molecule has 0 spiro atoms. The van der Waals surface area contributed by atoms with Crippen molar-refractivity contribution >= 4 is 5.71 Å². The van der Waals surface area contributed by atoms with E-state index in [4.69, 9.17) is 0 Å². The molecule has 4 heteroatoms. The van der Waals surface area contributed by atoms with Crippen molar-refractivity contribution in [2.75, 3.05) is 7.05 Å². The highest BCUT2D eigenvalue weighted by Crippen LogP contribution is 2.19. The van der Waals surface area contributed by atoms with Crippen LogP contribution in [0.3, 0.4) is 0 Å². The average molecular weight is 165 g/mol. The van der Waals surface area contributed by atoms with Crippen molar-refractivity contribution in [3.05, 3.63) is 12.2 Å². The lowest BCUT2D eigenvalue weighted by molar-refractivity contribution is -0.124. The number of alkyl halides is 3. The molecule has 0 atom stereocenters. The Morgan fingerprint density at radius 3 is 2.36 bits per heavy atom. The number of allylic oxidation sites excluding steroid dienone is 2. The van der Waals surface area contributed by atoms with Crippen molar-refractivity contribution in [2.24, 2.45) is 4.99 Å². The second-order valence-electron chi connectivity index (χ2n) is 2.09. The Labute approximate surface area is 63.6 Å². The second-order valence-corrected chi connectivity index (χ2v) is 2.09. The molecule has 0 rings (SSSR count). The molecule has 0 fully saturated rings. The van der Waals surface area contributed by atoms with E-state index in [1.54, 1.807) is 6.92 Å². The normalized spacial score (nSPS) is 14.5. The van der Waals surface area contributed by atoms with Crippen LogP contribution in [0.15, 0.2) is 17.1 Å². The maximum atomic E-state index is 11.5. The summed E-state index contributed by atoms with van der Waals surface area (Å²) >= 11 is 0. The summed E-state index contributed by atoms with van der Waals surface area (Å²) in [6.45, 7) is 1.65. The largest absolute Gasteiger partial charge is 0.392 e. The zero-order valence-corrected chi connectivity index (χ0v) is 6.44. The van der Waals surface area contributed by atoms with E-state index in [-0.39, 0.29) is 0 Å². The SMILES string of the molecule is CN=C(C)/C=C\CC(F)(F)F. The molecule has 0 bridgehead atoms. The number of hydrogen-bond acceptors (Lipinski definition) is 1. The minimum Gasteiger partial charge on any atom is -0.293 e. The molecule has 0 saturated carbocycles. The van der Waals surface area contributed by atoms with Gasteiger partial charge in [0.2, 0.25) is 0 Å². The van der Waals surface area contributed by atoms with E-state index in [1.807, 2.05) is 0 Å². The Morgan fingerprint density at radius 2 is 2.00 bits per heavy atom. The molecule has 0 N–H and O–H groups in total. The molecule has 0 aromatic carbocycles. The minimum absolute atomic E-state index is 0.592. The zero-order valence-electron chi connectivity index (χ0n) is 6.44. The van der Waals surface area contributed by atoms with E-state index in [0.29, 0.717) is 5.71 Å². The number of hydrogen-bond donors (Lipinski definition) is 0. The van der Waals surface area contributed by atoms with Crippen LogP contribution < -0.4 is 0 Å². The summed E-state index contributed by atoms with van der Waals surface area (Å²) in [6.07, 6.45) is -2.58. The number of halogens is 3. The molecule has 0 aliphatic carbocycles. The van der Waals surface area contributed by atoms with Gasteiger partial charge in [-0.3, -0.25) is 4.99 Å². The second kappa shape index (κ2) is 4.16. The maximum absolute atomic E-state index is 11.5. The predicted octanol–water partition coefficient (Wildman–Crippen LogP) is 2.59. The first-order valence-electron chi connectivity index (χ1n) is 3.12. The van der Waals surface area contributed by atoms with Gasteiger partial charge in [-0.15, -0.1) is 0 Å². The van der Waals surface area contributed by atoms with Crippen LogP contribution in [0.25, 0.3) is 0 Å². The van der Waals surface area contributed by atoms with Gasteiger partial charge in [-0.25, -0.2) is 0 Å². The Balaban J connectivity index is 3.79. The molecular formula is C7H10F3N.